The Morgan fingerprint density at radius 2 is 2.11 bits per heavy atom. The molecular formula is C12H13NO3S2. The number of methoxy groups -OCH3 is 1. The molecule has 4 nitrogen and oxygen atoms in total. The van der Waals surface area contributed by atoms with Gasteiger partial charge in [0.2, 0.25) is 10.0 Å². The number of primary sulfonamides is 1. The van der Waals surface area contributed by atoms with Crippen LogP contribution in [-0.4, -0.2) is 15.5 Å². The highest BCUT2D eigenvalue weighted by Gasteiger charge is 2.16. The molecule has 0 aliphatic carbocycles. The molecule has 2 rings (SSSR count). The molecule has 2 aromatic rings. The first-order chi connectivity index (χ1) is 8.52. The first-order valence-electron chi connectivity index (χ1n) is 5.21. The minimum atomic E-state index is -3.68. The van der Waals surface area contributed by atoms with Gasteiger partial charge in [0.15, 0.2) is 0 Å². The second-order valence-electron chi connectivity index (χ2n) is 3.80. The van der Waals surface area contributed by atoms with Crippen molar-refractivity contribution >= 4 is 21.4 Å². The third-order valence-electron chi connectivity index (χ3n) is 2.44. The summed E-state index contributed by atoms with van der Waals surface area (Å²) >= 11 is 1.13. The molecule has 0 spiro atoms. The van der Waals surface area contributed by atoms with E-state index < -0.39 is 10.0 Å². The summed E-state index contributed by atoms with van der Waals surface area (Å²) in [6.45, 7) is 0.489. The number of nitrogens with two attached hydrogens (primary N) is 1. The molecule has 96 valence electrons. The third-order valence-corrected chi connectivity index (χ3v) is 4.87. The zero-order valence-corrected chi connectivity index (χ0v) is 11.4. The number of ether oxygens (including phenoxy) is 1. The Labute approximate surface area is 110 Å². The maximum Gasteiger partial charge on any atom is 0.248 e. The van der Waals surface area contributed by atoms with Crippen molar-refractivity contribution in [3.63, 3.8) is 0 Å². The van der Waals surface area contributed by atoms with Crippen molar-refractivity contribution in [3.8, 4) is 11.1 Å². The molecule has 0 fully saturated rings. The van der Waals surface area contributed by atoms with Crippen LogP contribution in [0.15, 0.2) is 39.9 Å². The van der Waals surface area contributed by atoms with E-state index in [1.165, 1.54) is 0 Å². The Morgan fingerprint density at radius 1 is 1.33 bits per heavy atom. The molecule has 1 aromatic heterocycles. The van der Waals surface area contributed by atoms with E-state index in [2.05, 4.69) is 0 Å². The predicted molar refractivity (Wildman–Crippen MR) is 71.8 cm³/mol. The molecular weight excluding hydrogens is 270 g/mol. The molecule has 6 heteroatoms. The molecule has 18 heavy (non-hydrogen) atoms. The van der Waals surface area contributed by atoms with Crippen LogP contribution in [0, 0.1) is 0 Å². The minimum absolute atomic E-state index is 0.192. The molecule has 0 aliphatic heterocycles. The predicted octanol–water partition coefficient (Wildman–Crippen LogP) is 2.21. The Hall–Kier alpha value is -1.21. The molecule has 1 aromatic carbocycles. The average Bonchev–Trinajstić information content (AvgIpc) is 2.78. The molecule has 0 amide bonds. The van der Waals surface area contributed by atoms with Crippen molar-refractivity contribution in [2.24, 2.45) is 5.14 Å². The van der Waals surface area contributed by atoms with Crippen LogP contribution in [0.1, 0.15) is 5.56 Å². The van der Waals surface area contributed by atoms with Gasteiger partial charge in [-0.05, 0) is 28.6 Å². The molecule has 1 heterocycles. The molecule has 2 N–H and O–H groups in total. The van der Waals surface area contributed by atoms with Crippen molar-refractivity contribution in [1.82, 2.24) is 0 Å². The second kappa shape index (κ2) is 5.19. The number of rotatable bonds is 4. The van der Waals surface area contributed by atoms with Gasteiger partial charge >= 0.3 is 0 Å². The summed E-state index contributed by atoms with van der Waals surface area (Å²) in [5, 5.41) is 6.91. The molecule has 0 saturated heterocycles. The number of hydrogen-bond donors (Lipinski definition) is 1. The van der Waals surface area contributed by atoms with Gasteiger partial charge in [-0.2, -0.15) is 0 Å². The summed E-state index contributed by atoms with van der Waals surface area (Å²) in [6, 6.07) is 9.32. The van der Waals surface area contributed by atoms with Gasteiger partial charge in [-0.1, -0.05) is 18.2 Å². The third kappa shape index (κ3) is 2.78. The SMILES string of the molecule is COCc1cccc(-c2ccsc2S(N)(=O)=O)c1. The first-order valence-corrected chi connectivity index (χ1v) is 7.63. The van der Waals surface area contributed by atoms with Crippen molar-refractivity contribution in [2.75, 3.05) is 7.11 Å². The van der Waals surface area contributed by atoms with E-state index in [0.717, 1.165) is 22.5 Å². The summed E-state index contributed by atoms with van der Waals surface area (Å²) < 4.78 is 28.2. The molecule has 0 atom stereocenters. The van der Waals surface area contributed by atoms with Crippen LogP contribution in [0.3, 0.4) is 0 Å². The van der Waals surface area contributed by atoms with E-state index in [9.17, 15) is 8.42 Å². The standard InChI is InChI=1S/C12H13NO3S2/c1-16-8-9-3-2-4-10(7-9)11-5-6-17-12(11)18(13,14)15/h2-7H,8H2,1H3,(H2,13,14,15). The maximum atomic E-state index is 11.5. The van der Waals surface area contributed by atoms with Gasteiger partial charge in [0, 0.05) is 12.7 Å². The first kappa shape index (κ1) is 13.2. The van der Waals surface area contributed by atoms with E-state index in [-0.39, 0.29) is 4.21 Å². The Balaban J connectivity index is 2.50. The van der Waals surface area contributed by atoms with Crippen molar-refractivity contribution in [2.45, 2.75) is 10.8 Å². The monoisotopic (exact) mass is 283 g/mol. The van der Waals surface area contributed by atoms with E-state index in [1.807, 2.05) is 24.3 Å². The average molecular weight is 283 g/mol. The largest absolute Gasteiger partial charge is 0.380 e. The zero-order chi connectivity index (χ0) is 13.2. The fourth-order valence-electron chi connectivity index (χ4n) is 1.73. The van der Waals surface area contributed by atoms with Gasteiger partial charge in [0.1, 0.15) is 4.21 Å². The summed E-state index contributed by atoms with van der Waals surface area (Å²) in [4.78, 5) is 0. The van der Waals surface area contributed by atoms with E-state index in [0.29, 0.717) is 12.2 Å². The van der Waals surface area contributed by atoms with Crippen LogP contribution < -0.4 is 5.14 Å². The number of benzene rings is 1. The number of sulfonamides is 1. The highest BCUT2D eigenvalue weighted by Crippen LogP contribution is 2.31. The van der Waals surface area contributed by atoms with Crippen LogP contribution in [0.5, 0.6) is 0 Å². The van der Waals surface area contributed by atoms with E-state index in [1.54, 1.807) is 18.6 Å². The lowest BCUT2D eigenvalue weighted by Crippen LogP contribution is -2.11. The van der Waals surface area contributed by atoms with Gasteiger partial charge in [0.25, 0.3) is 0 Å². The summed E-state index contributed by atoms with van der Waals surface area (Å²) in [5.74, 6) is 0. The van der Waals surface area contributed by atoms with Crippen molar-refractivity contribution < 1.29 is 13.2 Å². The molecule has 0 saturated carbocycles. The Bertz CT molecular complexity index is 647. The minimum Gasteiger partial charge on any atom is -0.380 e. The van der Waals surface area contributed by atoms with Crippen molar-refractivity contribution in [3.05, 3.63) is 41.3 Å². The van der Waals surface area contributed by atoms with Gasteiger partial charge < -0.3 is 4.74 Å². The highest BCUT2D eigenvalue weighted by molar-refractivity contribution is 7.91. The van der Waals surface area contributed by atoms with Crippen LogP contribution in [0.25, 0.3) is 11.1 Å². The van der Waals surface area contributed by atoms with Crippen LogP contribution in [-0.2, 0) is 21.4 Å². The highest BCUT2D eigenvalue weighted by atomic mass is 32.2. The van der Waals surface area contributed by atoms with Crippen LogP contribution in [0.2, 0.25) is 0 Å². The van der Waals surface area contributed by atoms with Gasteiger partial charge in [-0.3, -0.25) is 0 Å². The lowest BCUT2D eigenvalue weighted by molar-refractivity contribution is 0.185. The smallest absolute Gasteiger partial charge is 0.248 e. The van der Waals surface area contributed by atoms with E-state index in [4.69, 9.17) is 9.88 Å². The lowest BCUT2D eigenvalue weighted by Gasteiger charge is -2.05. The van der Waals surface area contributed by atoms with Gasteiger partial charge in [-0.15, -0.1) is 11.3 Å². The maximum absolute atomic E-state index is 11.5. The fraction of sp³-hybridized carbons (Fsp3) is 0.167. The number of thiophene rings is 1. The van der Waals surface area contributed by atoms with Gasteiger partial charge in [-0.25, -0.2) is 13.6 Å². The van der Waals surface area contributed by atoms with Gasteiger partial charge in [0.05, 0.1) is 6.61 Å². The summed E-state index contributed by atoms with van der Waals surface area (Å²) in [7, 11) is -2.06. The summed E-state index contributed by atoms with van der Waals surface area (Å²) in [5.41, 5.74) is 2.46. The normalized spacial score (nSPS) is 11.7. The van der Waals surface area contributed by atoms with E-state index >= 15 is 0 Å². The summed E-state index contributed by atoms with van der Waals surface area (Å²) in [6.07, 6.45) is 0. The van der Waals surface area contributed by atoms with Crippen molar-refractivity contribution in [1.29, 1.82) is 0 Å². The molecule has 0 radical (unpaired) electrons. The Morgan fingerprint density at radius 3 is 2.78 bits per heavy atom. The quantitative estimate of drug-likeness (QED) is 0.935. The van der Waals surface area contributed by atoms with Crippen LogP contribution in [0.4, 0.5) is 0 Å². The lowest BCUT2D eigenvalue weighted by atomic mass is 10.1. The topological polar surface area (TPSA) is 69.4 Å². The Kier molecular flexibility index (Phi) is 3.82. The number of hydrogen-bond acceptors (Lipinski definition) is 4. The molecule has 0 aliphatic rings. The molecule has 0 bridgehead atoms. The second-order valence-corrected chi connectivity index (χ2v) is 6.47. The molecule has 0 unspecified atom stereocenters. The van der Waals surface area contributed by atoms with Crippen LogP contribution >= 0.6 is 11.3 Å². The zero-order valence-electron chi connectivity index (χ0n) is 9.79. The fourth-order valence-corrected chi connectivity index (χ4v) is 3.56.